The van der Waals surface area contributed by atoms with Gasteiger partial charge in [-0.05, 0) is 75.0 Å². The van der Waals surface area contributed by atoms with E-state index in [1.165, 1.54) is 19.3 Å². The molecule has 2 bridgehead atoms. The molecule has 0 aromatic carbocycles. The second-order valence-corrected chi connectivity index (χ2v) is 6.74. The van der Waals surface area contributed by atoms with E-state index in [9.17, 15) is 5.11 Å². The number of hydrogen-bond acceptors (Lipinski definition) is 2. The van der Waals surface area contributed by atoms with Crippen molar-refractivity contribution in [3.8, 4) is 0 Å². The quantitative estimate of drug-likeness (QED) is 0.746. The minimum absolute atomic E-state index is 0.315. The van der Waals surface area contributed by atoms with Crippen LogP contribution in [-0.2, 0) is 4.74 Å². The van der Waals surface area contributed by atoms with Crippen LogP contribution in [0.1, 0.15) is 51.4 Å². The van der Waals surface area contributed by atoms with Crippen LogP contribution in [0, 0.1) is 23.7 Å². The number of fused-ring (bicyclic) bond motifs is 5. The Balaban J connectivity index is 1.52. The Morgan fingerprint density at radius 3 is 2.35 bits per heavy atom. The molecule has 2 heteroatoms. The van der Waals surface area contributed by atoms with E-state index in [1.54, 1.807) is 7.11 Å². The fraction of sp³-hybridized carbons (Fsp3) is 1.00. The van der Waals surface area contributed by atoms with Crippen molar-refractivity contribution in [2.24, 2.45) is 23.7 Å². The maximum atomic E-state index is 10.7. The van der Waals surface area contributed by atoms with Gasteiger partial charge in [0.2, 0.25) is 0 Å². The number of methoxy groups -OCH3 is 1. The van der Waals surface area contributed by atoms with Crippen molar-refractivity contribution >= 4 is 0 Å². The summed E-state index contributed by atoms with van der Waals surface area (Å²) in [6.07, 6.45) is 9.81. The van der Waals surface area contributed by atoms with E-state index in [-0.39, 0.29) is 5.60 Å². The molecule has 0 radical (unpaired) electrons. The number of ether oxygens (including phenoxy) is 1. The molecule has 3 aliphatic carbocycles. The van der Waals surface area contributed by atoms with Crippen LogP contribution in [0.25, 0.3) is 0 Å². The van der Waals surface area contributed by atoms with Crippen LogP contribution in [0.15, 0.2) is 0 Å². The highest BCUT2D eigenvalue weighted by molar-refractivity contribution is 5.06. The molecule has 2 nitrogen and oxygen atoms in total. The van der Waals surface area contributed by atoms with Gasteiger partial charge in [0.25, 0.3) is 0 Å². The van der Waals surface area contributed by atoms with Crippen LogP contribution in [0.2, 0.25) is 0 Å². The Bertz CT molecular complexity index is 258. The van der Waals surface area contributed by atoms with E-state index in [4.69, 9.17) is 4.74 Å². The third-order valence-corrected chi connectivity index (χ3v) is 5.75. The van der Waals surface area contributed by atoms with Crippen LogP contribution >= 0.6 is 0 Å². The van der Waals surface area contributed by atoms with Gasteiger partial charge in [-0.25, -0.2) is 0 Å². The number of rotatable bonds is 5. The van der Waals surface area contributed by atoms with Gasteiger partial charge in [-0.15, -0.1) is 0 Å². The van der Waals surface area contributed by atoms with Crippen LogP contribution in [0.5, 0.6) is 0 Å². The summed E-state index contributed by atoms with van der Waals surface area (Å²) in [4.78, 5) is 0. The highest BCUT2D eigenvalue weighted by Gasteiger charge is 2.55. The van der Waals surface area contributed by atoms with E-state index < -0.39 is 0 Å². The lowest BCUT2D eigenvalue weighted by Crippen LogP contribution is -2.26. The molecular formula is C15H26O2. The van der Waals surface area contributed by atoms with Gasteiger partial charge in [0.05, 0.1) is 5.60 Å². The molecule has 3 saturated carbocycles. The topological polar surface area (TPSA) is 29.5 Å². The molecule has 0 aliphatic heterocycles. The molecule has 0 amide bonds. The first kappa shape index (κ1) is 12.0. The summed E-state index contributed by atoms with van der Waals surface area (Å²) < 4.78 is 5.08. The Morgan fingerprint density at radius 1 is 1.12 bits per heavy atom. The molecule has 0 aromatic rings. The average molecular weight is 238 g/mol. The van der Waals surface area contributed by atoms with Crippen LogP contribution < -0.4 is 0 Å². The molecule has 0 spiro atoms. The summed E-state index contributed by atoms with van der Waals surface area (Å²) in [5, 5.41) is 10.7. The lowest BCUT2D eigenvalue weighted by Gasteiger charge is -2.24. The monoisotopic (exact) mass is 238 g/mol. The summed E-state index contributed by atoms with van der Waals surface area (Å²) in [6, 6.07) is 0. The maximum absolute atomic E-state index is 10.7. The molecule has 3 aliphatic rings. The zero-order valence-corrected chi connectivity index (χ0v) is 11.0. The number of hydrogen-bond donors (Lipinski definition) is 1. The van der Waals surface area contributed by atoms with Gasteiger partial charge in [-0.3, -0.25) is 0 Å². The molecule has 3 rings (SSSR count). The van der Waals surface area contributed by atoms with Gasteiger partial charge >= 0.3 is 0 Å². The minimum atomic E-state index is -0.315. The fourth-order valence-electron chi connectivity index (χ4n) is 5.03. The average Bonchev–Trinajstić information content (AvgIpc) is 2.95. The van der Waals surface area contributed by atoms with Crippen molar-refractivity contribution in [3.63, 3.8) is 0 Å². The Labute approximate surface area is 105 Å². The molecule has 3 fully saturated rings. The number of aliphatic hydroxyl groups is 1. The Hall–Kier alpha value is -0.0800. The van der Waals surface area contributed by atoms with Crippen molar-refractivity contribution in [1.82, 2.24) is 0 Å². The molecule has 0 heterocycles. The fourth-order valence-corrected chi connectivity index (χ4v) is 5.03. The SMILES string of the molecule is COCCCCC1(O)C[C@H]2[C@H]3CC[C@@H](C3)[C@@H]2C1. The van der Waals surface area contributed by atoms with Crippen molar-refractivity contribution < 1.29 is 9.84 Å². The lowest BCUT2D eigenvalue weighted by atomic mass is 9.82. The first-order valence-electron chi connectivity index (χ1n) is 7.43. The number of unbranched alkanes of at least 4 members (excludes halogenated alkanes) is 1. The Morgan fingerprint density at radius 2 is 1.76 bits per heavy atom. The molecule has 0 saturated heterocycles. The van der Waals surface area contributed by atoms with Gasteiger partial charge in [-0.2, -0.15) is 0 Å². The molecule has 98 valence electrons. The third-order valence-electron chi connectivity index (χ3n) is 5.75. The largest absolute Gasteiger partial charge is 0.390 e. The Kier molecular flexibility index (Phi) is 3.20. The summed E-state index contributed by atoms with van der Waals surface area (Å²) in [7, 11) is 1.76. The van der Waals surface area contributed by atoms with Gasteiger partial charge in [-0.1, -0.05) is 0 Å². The van der Waals surface area contributed by atoms with Crippen molar-refractivity contribution in [2.75, 3.05) is 13.7 Å². The molecule has 17 heavy (non-hydrogen) atoms. The minimum Gasteiger partial charge on any atom is -0.390 e. The van der Waals surface area contributed by atoms with Gasteiger partial charge in [0.1, 0.15) is 0 Å². The third kappa shape index (κ3) is 2.15. The van der Waals surface area contributed by atoms with E-state index in [0.29, 0.717) is 0 Å². The maximum Gasteiger partial charge on any atom is 0.0653 e. The normalized spacial score (nSPS) is 47.6. The molecule has 1 N–H and O–H groups in total. The summed E-state index contributed by atoms with van der Waals surface area (Å²) in [5.74, 6) is 3.69. The standard InChI is InChI=1S/C15H26O2/c1-17-7-3-2-6-15(16)9-13-11-4-5-12(8-11)14(13)10-15/h11-14,16H,2-10H2,1H3/t11-,12-,13-,14-/m0/s1. The van der Waals surface area contributed by atoms with Crippen LogP contribution in [-0.4, -0.2) is 24.4 Å². The highest BCUT2D eigenvalue weighted by atomic mass is 16.5. The summed E-state index contributed by atoms with van der Waals surface area (Å²) in [5.41, 5.74) is -0.315. The smallest absolute Gasteiger partial charge is 0.0653 e. The predicted octanol–water partition coefficient (Wildman–Crippen LogP) is 2.99. The van der Waals surface area contributed by atoms with Crippen molar-refractivity contribution in [1.29, 1.82) is 0 Å². The highest BCUT2D eigenvalue weighted by Crippen LogP contribution is 2.61. The molecule has 4 atom stereocenters. The van der Waals surface area contributed by atoms with E-state index in [2.05, 4.69) is 0 Å². The second-order valence-electron chi connectivity index (χ2n) is 6.74. The van der Waals surface area contributed by atoms with Crippen molar-refractivity contribution in [2.45, 2.75) is 57.0 Å². The molecular weight excluding hydrogens is 212 g/mol. The first-order valence-corrected chi connectivity index (χ1v) is 7.43. The summed E-state index contributed by atoms with van der Waals surface area (Å²) in [6.45, 7) is 0.841. The van der Waals surface area contributed by atoms with Crippen molar-refractivity contribution in [3.05, 3.63) is 0 Å². The first-order chi connectivity index (χ1) is 8.22. The zero-order valence-electron chi connectivity index (χ0n) is 11.0. The van der Waals surface area contributed by atoms with Gasteiger partial charge in [0, 0.05) is 13.7 Å². The second kappa shape index (κ2) is 4.55. The van der Waals surface area contributed by atoms with Gasteiger partial charge in [0.15, 0.2) is 0 Å². The summed E-state index contributed by atoms with van der Waals surface area (Å²) >= 11 is 0. The van der Waals surface area contributed by atoms with Crippen LogP contribution in [0.4, 0.5) is 0 Å². The predicted molar refractivity (Wildman–Crippen MR) is 67.7 cm³/mol. The molecule has 0 aromatic heterocycles. The van der Waals surface area contributed by atoms with Gasteiger partial charge < -0.3 is 9.84 Å². The zero-order chi connectivity index (χ0) is 11.9. The molecule has 0 unspecified atom stereocenters. The van der Waals surface area contributed by atoms with Crippen LogP contribution in [0.3, 0.4) is 0 Å². The van der Waals surface area contributed by atoms with E-state index in [1.807, 2.05) is 0 Å². The van der Waals surface area contributed by atoms with E-state index >= 15 is 0 Å². The lowest BCUT2D eigenvalue weighted by molar-refractivity contribution is 0.0231. The van der Waals surface area contributed by atoms with E-state index in [0.717, 1.165) is 62.4 Å².